The number of urea groups is 1. The molecule has 0 saturated carbocycles. The number of hydrogen-bond acceptors (Lipinski definition) is 4. The Labute approximate surface area is 190 Å². The standard InChI is InChI=1S/C24H24FN3O5/c1-14-6-4-5-7-17(14)18-12-16(25)13-19(15(18)2)28(24(33)26-10-8-21(30)31)22-20(29)9-11-27(3)23(22)32/h4-7,9,11-13,22H,8,10H2,1-3H3,(H,26,33)(H,30,31). The van der Waals surface area contributed by atoms with Gasteiger partial charge in [0.2, 0.25) is 0 Å². The molecule has 1 aliphatic rings. The van der Waals surface area contributed by atoms with Crippen molar-refractivity contribution in [3.8, 4) is 11.1 Å². The van der Waals surface area contributed by atoms with Gasteiger partial charge in [-0.1, -0.05) is 24.3 Å². The molecular formula is C24H24FN3O5. The molecule has 1 heterocycles. The summed E-state index contributed by atoms with van der Waals surface area (Å²) in [4.78, 5) is 51.7. The number of aliphatic carboxylic acids is 1. The number of halogens is 1. The Kier molecular flexibility index (Phi) is 6.91. The minimum atomic E-state index is -1.56. The number of likely N-dealkylation sites (N-methyl/N-ethyl adjacent to an activating group) is 1. The summed E-state index contributed by atoms with van der Waals surface area (Å²) >= 11 is 0. The van der Waals surface area contributed by atoms with Gasteiger partial charge in [-0.2, -0.15) is 0 Å². The van der Waals surface area contributed by atoms with Crippen LogP contribution in [0.15, 0.2) is 48.7 Å². The number of rotatable bonds is 6. The Bertz CT molecular complexity index is 1160. The Morgan fingerprint density at radius 2 is 1.85 bits per heavy atom. The van der Waals surface area contributed by atoms with E-state index < -0.39 is 35.5 Å². The molecular weight excluding hydrogens is 429 g/mol. The monoisotopic (exact) mass is 453 g/mol. The number of anilines is 1. The zero-order valence-electron chi connectivity index (χ0n) is 18.5. The van der Waals surface area contributed by atoms with Crippen molar-refractivity contribution in [2.24, 2.45) is 0 Å². The van der Waals surface area contributed by atoms with Crippen molar-refractivity contribution in [2.75, 3.05) is 18.5 Å². The van der Waals surface area contributed by atoms with Crippen LogP contribution in [0.3, 0.4) is 0 Å². The average molecular weight is 453 g/mol. The van der Waals surface area contributed by atoms with Gasteiger partial charge in [0.25, 0.3) is 5.91 Å². The third-order valence-electron chi connectivity index (χ3n) is 5.45. The topological polar surface area (TPSA) is 107 Å². The van der Waals surface area contributed by atoms with Gasteiger partial charge in [-0.25, -0.2) is 9.18 Å². The minimum absolute atomic E-state index is 0.0384. The van der Waals surface area contributed by atoms with Crippen LogP contribution in [0.4, 0.5) is 14.9 Å². The van der Waals surface area contributed by atoms with E-state index >= 15 is 0 Å². The molecule has 0 saturated heterocycles. The van der Waals surface area contributed by atoms with Gasteiger partial charge in [0, 0.05) is 25.9 Å². The third-order valence-corrected chi connectivity index (χ3v) is 5.45. The quantitative estimate of drug-likeness (QED) is 0.654. The Morgan fingerprint density at radius 1 is 1.15 bits per heavy atom. The number of carboxylic acids is 1. The van der Waals surface area contributed by atoms with Crippen LogP contribution in [0.25, 0.3) is 11.1 Å². The molecule has 2 aromatic rings. The summed E-state index contributed by atoms with van der Waals surface area (Å²) in [5, 5.41) is 11.3. The highest BCUT2D eigenvalue weighted by Gasteiger charge is 2.40. The molecule has 0 aromatic heterocycles. The molecule has 0 spiro atoms. The Hall–Kier alpha value is -4.01. The van der Waals surface area contributed by atoms with E-state index in [1.807, 2.05) is 25.1 Å². The molecule has 0 radical (unpaired) electrons. The Morgan fingerprint density at radius 3 is 2.52 bits per heavy atom. The van der Waals surface area contributed by atoms with Crippen LogP contribution in [0.2, 0.25) is 0 Å². The lowest BCUT2D eigenvalue weighted by atomic mass is 9.94. The average Bonchev–Trinajstić information content (AvgIpc) is 2.75. The maximum Gasteiger partial charge on any atom is 0.323 e. The van der Waals surface area contributed by atoms with Crippen molar-refractivity contribution < 1.29 is 28.7 Å². The van der Waals surface area contributed by atoms with Crippen molar-refractivity contribution in [1.29, 1.82) is 0 Å². The number of carboxylic acid groups (broad SMARTS) is 1. The first-order valence-electron chi connectivity index (χ1n) is 10.3. The molecule has 1 atom stereocenters. The zero-order valence-corrected chi connectivity index (χ0v) is 18.5. The molecule has 33 heavy (non-hydrogen) atoms. The van der Waals surface area contributed by atoms with E-state index in [1.165, 1.54) is 30.3 Å². The van der Waals surface area contributed by atoms with Gasteiger partial charge in [-0.05, 0) is 48.2 Å². The fourth-order valence-electron chi connectivity index (χ4n) is 3.70. The number of ketones is 1. The van der Waals surface area contributed by atoms with Crippen LogP contribution in [0.1, 0.15) is 17.5 Å². The molecule has 2 aromatic carbocycles. The van der Waals surface area contributed by atoms with Crippen LogP contribution >= 0.6 is 0 Å². The number of benzene rings is 2. The molecule has 3 amide bonds. The number of aryl methyl sites for hydroxylation is 1. The largest absolute Gasteiger partial charge is 0.481 e. The van der Waals surface area contributed by atoms with E-state index in [4.69, 9.17) is 5.11 Å². The molecule has 1 aliphatic heterocycles. The number of carbonyl (C=O) groups is 4. The second-order valence-corrected chi connectivity index (χ2v) is 7.73. The SMILES string of the molecule is Cc1ccccc1-c1cc(F)cc(N(C(=O)NCCC(=O)O)C2C(=O)C=CN(C)C2=O)c1C. The number of nitrogens with one attached hydrogen (secondary N) is 1. The first-order chi connectivity index (χ1) is 15.6. The number of carbonyl (C=O) groups excluding carboxylic acids is 3. The van der Waals surface area contributed by atoms with Crippen LogP contribution in [0, 0.1) is 19.7 Å². The van der Waals surface area contributed by atoms with Crippen LogP contribution in [0.5, 0.6) is 0 Å². The molecule has 3 rings (SSSR count). The van der Waals surface area contributed by atoms with Gasteiger partial charge in [0.05, 0.1) is 12.1 Å². The highest BCUT2D eigenvalue weighted by molar-refractivity contribution is 6.19. The first kappa shape index (κ1) is 23.6. The fraction of sp³-hybridized carbons (Fsp3) is 0.250. The lowest BCUT2D eigenvalue weighted by Crippen LogP contribution is -2.57. The summed E-state index contributed by atoms with van der Waals surface area (Å²) in [6.45, 7) is 3.31. The van der Waals surface area contributed by atoms with E-state index in [1.54, 1.807) is 13.0 Å². The van der Waals surface area contributed by atoms with E-state index in [2.05, 4.69) is 5.32 Å². The summed E-state index contributed by atoms with van der Waals surface area (Å²) in [6, 6.07) is 7.31. The molecule has 0 aliphatic carbocycles. The lowest BCUT2D eigenvalue weighted by Gasteiger charge is -2.34. The summed E-state index contributed by atoms with van der Waals surface area (Å²) < 4.78 is 14.8. The van der Waals surface area contributed by atoms with E-state index in [0.717, 1.165) is 22.1 Å². The van der Waals surface area contributed by atoms with E-state index in [-0.39, 0.29) is 18.7 Å². The normalized spacial score (nSPS) is 15.5. The second-order valence-electron chi connectivity index (χ2n) is 7.73. The molecule has 0 bridgehead atoms. The van der Waals surface area contributed by atoms with Gasteiger partial charge in [0.1, 0.15) is 5.82 Å². The van der Waals surface area contributed by atoms with Gasteiger partial charge in [0.15, 0.2) is 11.8 Å². The summed E-state index contributed by atoms with van der Waals surface area (Å²) in [7, 11) is 1.44. The van der Waals surface area contributed by atoms with E-state index in [9.17, 15) is 23.6 Å². The maximum atomic E-state index is 14.8. The van der Waals surface area contributed by atoms with Crippen LogP contribution in [-0.2, 0) is 14.4 Å². The summed E-state index contributed by atoms with van der Waals surface area (Å²) in [5.41, 5.74) is 2.64. The number of nitrogens with zero attached hydrogens (tertiary/aromatic N) is 2. The third kappa shape index (κ3) is 4.92. The van der Waals surface area contributed by atoms with Gasteiger partial charge < -0.3 is 15.3 Å². The van der Waals surface area contributed by atoms with E-state index in [0.29, 0.717) is 11.1 Å². The predicted molar refractivity (Wildman–Crippen MR) is 120 cm³/mol. The molecule has 9 heteroatoms. The molecule has 2 N–H and O–H groups in total. The smallest absolute Gasteiger partial charge is 0.323 e. The number of hydrogen-bond donors (Lipinski definition) is 2. The fourth-order valence-corrected chi connectivity index (χ4v) is 3.70. The minimum Gasteiger partial charge on any atom is -0.481 e. The van der Waals surface area contributed by atoms with Crippen molar-refractivity contribution in [2.45, 2.75) is 26.3 Å². The second kappa shape index (κ2) is 9.64. The van der Waals surface area contributed by atoms with Crippen LogP contribution in [-0.4, -0.2) is 53.3 Å². The highest BCUT2D eigenvalue weighted by Crippen LogP contribution is 2.35. The van der Waals surface area contributed by atoms with Gasteiger partial charge >= 0.3 is 12.0 Å². The predicted octanol–water partition coefficient (Wildman–Crippen LogP) is 3.02. The molecule has 0 fully saturated rings. The molecule has 172 valence electrons. The van der Waals surface area contributed by atoms with Crippen molar-refractivity contribution in [3.63, 3.8) is 0 Å². The Balaban J connectivity index is 2.16. The summed E-state index contributed by atoms with van der Waals surface area (Å²) in [5.74, 6) is -3.10. The maximum absolute atomic E-state index is 14.8. The van der Waals surface area contributed by atoms with Crippen LogP contribution < -0.4 is 10.2 Å². The molecule has 1 unspecified atom stereocenters. The first-order valence-corrected chi connectivity index (χ1v) is 10.3. The highest BCUT2D eigenvalue weighted by atomic mass is 19.1. The van der Waals surface area contributed by atoms with Gasteiger partial charge in [-0.15, -0.1) is 0 Å². The van der Waals surface area contributed by atoms with Gasteiger partial charge in [-0.3, -0.25) is 19.3 Å². The zero-order chi connectivity index (χ0) is 24.3. The number of amides is 3. The van der Waals surface area contributed by atoms with Crippen molar-refractivity contribution >= 4 is 29.4 Å². The summed E-state index contributed by atoms with van der Waals surface area (Å²) in [6.07, 6.45) is 2.10. The molecule has 8 nitrogen and oxygen atoms in total. The lowest BCUT2D eigenvalue weighted by molar-refractivity contribution is -0.137. The van der Waals surface area contributed by atoms with Crippen molar-refractivity contribution in [3.05, 3.63) is 65.6 Å². The van der Waals surface area contributed by atoms with Crippen molar-refractivity contribution in [1.82, 2.24) is 10.2 Å².